The zero-order valence-electron chi connectivity index (χ0n) is 14.1. The van der Waals surface area contributed by atoms with Crippen molar-refractivity contribution in [2.45, 2.75) is 32.2 Å². The Hall–Kier alpha value is -2.70. The second kappa shape index (κ2) is 7.46. The highest BCUT2D eigenvalue weighted by Crippen LogP contribution is 2.25. The number of carbonyl (C=O) groups is 2. The van der Waals surface area contributed by atoms with Crippen LogP contribution in [0.15, 0.2) is 36.5 Å². The Balaban J connectivity index is 1.56. The summed E-state index contributed by atoms with van der Waals surface area (Å²) in [4.78, 5) is 25.5. The summed E-state index contributed by atoms with van der Waals surface area (Å²) in [5, 5.41) is 7.07. The molecule has 3 rings (SSSR count). The third-order valence-corrected chi connectivity index (χ3v) is 4.41. The van der Waals surface area contributed by atoms with Gasteiger partial charge in [0, 0.05) is 26.1 Å². The van der Waals surface area contributed by atoms with Gasteiger partial charge >= 0.3 is 0 Å². The molecule has 0 unspecified atom stereocenters. The van der Waals surface area contributed by atoms with E-state index in [1.165, 1.54) is 19.1 Å². The molecule has 1 aromatic heterocycles. The molecule has 1 aliphatic rings. The number of amides is 2. The largest absolute Gasteiger partial charge is 0.342 e. The van der Waals surface area contributed by atoms with E-state index in [9.17, 15) is 14.0 Å². The molecule has 1 aliphatic heterocycles. The maximum absolute atomic E-state index is 12.9. The lowest BCUT2D eigenvalue weighted by Crippen LogP contribution is -2.40. The molecular weight excluding hydrogens is 323 g/mol. The highest BCUT2D eigenvalue weighted by atomic mass is 19.1. The van der Waals surface area contributed by atoms with Gasteiger partial charge in [0.1, 0.15) is 11.6 Å². The summed E-state index contributed by atoms with van der Waals surface area (Å²) in [6.07, 6.45) is 3.51. The number of anilines is 1. The van der Waals surface area contributed by atoms with E-state index in [0.717, 1.165) is 18.4 Å². The number of carbonyl (C=O) groups excluding carboxylic acids is 2. The Labute approximate surface area is 145 Å². The van der Waals surface area contributed by atoms with E-state index in [0.29, 0.717) is 18.9 Å². The summed E-state index contributed by atoms with van der Waals surface area (Å²) in [6, 6.07) is 7.96. The SMILES string of the molecule is CC(=O)Nc1ccnn1C1CCN(C(=O)Cc2ccc(F)cc2)CC1. The molecule has 0 aliphatic carbocycles. The van der Waals surface area contributed by atoms with E-state index in [4.69, 9.17) is 0 Å². The molecule has 2 heterocycles. The fourth-order valence-electron chi connectivity index (χ4n) is 3.13. The van der Waals surface area contributed by atoms with Crippen molar-refractivity contribution in [3.05, 3.63) is 47.9 Å². The maximum Gasteiger partial charge on any atom is 0.226 e. The van der Waals surface area contributed by atoms with Gasteiger partial charge in [-0.15, -0.1) is 0 Å². The Morgan fingerprint density at radius 1 is 1.20 bits per heavy atom. The van der Waals surface area contributed by atoms with E-state index in [1.54, 1.807) is 24.4 Å². The molecule has 1 N–H and O–H groups in total. The Bertz CT molecular complexity index is 749. The highest BCUT2D eigenvalue weighted by Gasteiger charge is 2.25. The second-order valence-corrected chi connectivity index (χ2v) is 6.26. The second-order valence-electron chi connectivity index (χ2n) is 6.26. The lowest BCUT2D eigenvalue weighted by molar-refractivity contribution is -0.131. The fraction of sp³-hybridized carbons (Fsp3) is 0.389. The fourth-order valence-corrected chi connectivity index (χ4v) is 3.13. The zero-order chi connectivity index (χ0) is 17.8. The molecule has 2 amide bonds. The highest BCUT2D eigenvalue weighted by molar-refractivity contribution is 5.87. The summed E-state index contributed by atoms with van der Waals surface area (Å²) >= 11 is 0. The van der Waals surface area contributed by atoms with Crippen LogP contribution in [0.1, 0.15) is 31.4 Å². The number of nitrogens with one attached hydrogen (secondary N) is 1. The summed E-state index contributed by atoms with van der Waals surface area (Å²) in [7, 11) is 0. The standard InChI is InChI=1S/C18H21FN4O2/c1-13(24)21-17-6-9-20-23(17)16-7-10-22(11-8-16)18(25)12-14-2-4-15(19)5-3-14/h2-6,9,16H,7-8,10-12H2,1H3,(H,21,24). The van der Waals surface area contributed by atoms with Crippen molar-refractivity contribution >= 4 is 17.6 Å². The van der Waals surface area contributed by atoms with Crippen LogP contribution in [0, 0.1) is 5.82 Å². The van der Waals surface area contributed by atoms with E-state index in [-0.39, 0.29) is 30.1 Å². The molecule has 7 heteroatoms. The van der Waals surface area contributed by atoms with Crippen LogP contribution >= 0.6 is 0 Å². The van der Waals surface area contributed by atoms with E-state index >= 15 is 0 Å². The monoisotopic (exact) mass is 344 g/mol. The topological polar surface area (TPSA) is 67.2 Å². The van der Waals surface area contributed by atoms with Gasteiger partial charge in [-0.05, 0) is 30.5 Å². The van der Waals surface area contributed by atoms with Crippen molar-refractivity contribution in [1.82, 2.24) is 14.7 Å². The van der Waals surface area contributed by atoms with E-state index in [1.807, 2.05) is 9.58 Å². The van der Waals surface area contributed by atoms with Crippen LogP contribution < -0.4 is 5.32 Å². The number of hydrogen-bond acceptors (Lipinski definition) is 3. The van der Waals surface area contributed by atoms with Crippen molar-refractivity contribution in [3.8, 4) is 0 Å². The van der Waals surface area contributed by atoms with E-state index in [2.05, 4.69) is 10.4 Å². The van der Waals surface area contributed by atoms with Crippen LogP contribution in [0.2, 0.25) is 0 Å². The lowest BCUT2D eigenvalue weighted by Gasteiger charge is -2.32. The average molecular weight is 344 g/mol. The predicted octanol–water partition coefficient (Wildman–Crippen LogP) is 2.39. The van der Waals surface area contributed by atoms with Crippen molar-refractivity contribution < 1.29 is 14.0 Å². The van der Waals surface area contributed by atoms with Crippen molar-refractivity contribution in [2.24, 2.45) is 0 Å². The third kappa shape index (κ3) is 4.23. The van der Waals surface area contributed by atoms with Crippen LogP contribution in [-0.2, 0) is 16.0 Å². The molecule has 132 valence electrons. The minimum absolute atomic E-state index is 0.0487. The predicted molar refractivity (Wildman–Crippen MR) is 91.5 cm³/mol. The third-order valence-electron chi connectivity index (χ3n) is 4.41. The first-order valence-corrected chi connectivity index (χ1v) is 8.36. The van der Waals surface area contributed by atoms with Gasteiger partial charge in [0.15, 0.2) is 0 Å². The van der Waals surface area contributed by atoms with E-state index < -0.39 is 0 Å². The van der Waals surface area contributed by atoms with Crippen LogP contribution in [0.4, 0.5) is 10.2 Å². The minimum Gasteiger partial charge on any atom is -0.342 e. The van der Waals surface area contributed by atoms with Crippen molar-refractivity contribution in [2.75, 3.05) is 18.4 Å². The number of halogens is 1. The van der Waals surface area contributed by atoms with Gasteiger partial charge in [0.05, 0.1) is 18.7 Å². The summed E-state index contributed by atoms with van der Waals surface area (Å²) in [6.45, 7) is 2.75. The van der Waals surface area contributed by atoms with Gasteiger partial charge in [0.2, 0.25) is 11.8 Å². The normalized spacial score (nSPS) is 15.2. The minimum atomic E-state index is -0.300. The Kier molecular flexibility index (Phi) is 5.11. The number of piperidine rings is 1. The van der Waals surface area contributed by atoms with Gasteiger partial charge in [-0.1, -0.05) is 12.1 Å². The van der Waals surface area contributed by atoms with Crippen LogP contribution in [0.25, 0.3) is 0 Å². The van der Waals surface area contributed by atoms with Gasteiger partial charge in [-0.2, -0.15) is 5.10 Å². The van der Waals surface area contributed by atoms with Gasteiger partial charge in [0.25, 0.3) is 0 Å². The number of rotatable bonds is 4. The van der Waals surface area contributed by atoms with Gasteiger partial charge in [-0.3, -0.25) is 9.59 Å². The molecule has 0 bridgehead atoms. The van der Waals surface area contributed by atoms with Crippen LogP contribution in [0.5, 0.6) is 0 Å². The quantitative estimate of drug-likeness (QED) is 0.926. The molecule has 6 nitrogen and oxygen atoms in total. The number of nitrogens with zero attached hydrogens (tertiary/aromatic N) is 3. The molecule has 1 fully saturated rings. The summed E-state index contributed by atoms with van der Waals surface area (Å²) in [5.74, 6) is 0.302. The molecule has 1 aromatic carbocycles. The Morgan fingerprint density at radius 2 is 1.88 bits per heavy atom. The van der Waals surface area contributed by atoms with Crippen molar-refractivity contribution in [3.63, 3.8) is 0 Å². The average Bonchev–Trinajstić information content (AvgIpc) is 3.04. The smallest absolute Gasteiger partial charge is 0.226 e. The molecule has 0 radical (unpaired) electrons. The summed E-state index contributed by atoms with van der Waals surface area (Å²) in [5.41, 5.74) is 0.813. The number of hydrogen-bond donors (Lipinski definition) is 1. The first-order chi connectivity index (χ1) is 12.0. The zero-order valence-corrected chi connectivity index (χ0v) is 14.1. The van der Waals surface area contributed by atoms with Gasteiger partial charge < -0.3 is 10.2 Å². The number of aromatic nitrogens is 2. The Morgan fingerprint density at radius 3 is 2.52 bits per heavy atom. The molecule has 0 saturated carbocycles. The maximum atomic E-state index is 12.9. The first kappa shape index (κ1) is 17.1. The first-order valence-electron chi connectivity index (χ1n) is 8.36. The lowest BCUT2D eigenvalue weighted by atomic mass is 10.0. The van der Waals surface area contributed by atoms with Crippen LogP contribution in [-0.4, -0.2) is 39.6 Å². The van der Waals surface area contributed by atoms with Gasteiger partial charge in [-0.25, -0.2) is 9.07 Å². The van der Waals surface area contributed by atoms with Crippen LogP contribution in [0.3, 0.4) is 0 Å². The molecule has 2 aromatic rings. The molecular formula is C18H21FN4O2. The number of benzene rings is 1. The molecule has 0 atom stereocenters. The van der Waals surface area contributed by atoms with Crippen molar-refractivity contribution in [1.29, 1.82) is 0 Å². The molecule has 0 spiro atoms. The number of likely N-dealkylation sites (tertiary alicyclic amines) is 1. The molecule has 1 saturated heterocycles. The summed E-state index contributed by atoms with van der Waals surface area (Å²) < 4.78 is 14.8. The molecule has 25 heavy (non-hydrogen) atoms.